The number of ether oxygens (including phenoxy) is 1. The highest BCUT2D eigenvalue weighted by Crippen LogP contribution is 2.34. The number of rotatable bonds is 0. The normalized spacial score (nSPS) is 29.3. The van der Waals surface area contributed by atoms with Crippen LogP contribution in [0.3, 0.4) is 0 Å². The van der Waals surface area contributed by atoms with Crippen LogP contribution in [0.5, 0.6) is 0 Å². The predicted molar refractivity (Wildman–Crippen MR) is 50.8 cm³/mol. The van der Waals surface area contributed by atoms with Crippen LogP contribution >= 0.6 is 0 Å². The second kappa shape index (κ2) is 2.82. The van der Waals surface area contributed by atoms with Gasteiger partial charge in [0.1, 0.15) is 6.10 Å². The van der Waals surface area contributed by atoms with Crippen LogP contribution in [0, 0.1) is 0 Å². The first-order valence-corrected chi connectivity index (χ1v) is 4.85. The van der Waals surface area contributed by atoms with Gasteiger partial charge in [-0.1, -0.05) is 24.3 Å². The highest BCUT2D eigenvalue weighted by Gasteiger charge is 2.37. The fourth-order valence-corrected chi connectivity index (χ4v) is 2.31. The van der Waals surface area contributed by atoms with Crippen LogP contribution in [0.15, 0.2) is 24.3 Å². The molecule has 14 heavy (non-hydrogen) atoms. The molecule has 1 aliphatic heterocycles. The van der Waals surface area contributed by atoms with E-state index < -0.39 is 0 Å². The second-order valence-corrected chi connectivity index (χ2v) is 3.79. The van der Waals surface area contributed by atoms with Gasteiger partial charge in [0.15, 0.2) is 0 Å². The third kappa shape index (κ3) is 1.06. The van der Waals surface area contributed by atoms with Crippen molar-refractivity contribution in [3.05, 3.63) is 35.4 Å². The van der Waals surface area contributed by atoms with Gasteiger partial charge in [0.05, 0.1) is 12.6 Å². The molecule has 3 nitrogen and oxygen atoms in total. The summed E-state index contributed by atoms with van der Waals surface area (Å²) in [5, 5.41) is 3.21. The van der Waals surface area contributed by atoms with E-state index in [-0.39, 0.29) is 18.1 Å². The van der Waals surface area contributed by atoms with Crippen molar-refractivity contribution in [3.63, 3.8) is 0 Å². The molecule has 2 atom stereocenters. The van der Waals surface area contributed by atoms with Gasteiger partial charge in [0, 0.05) is 6.42 Å². The van der Waals surface area contributed by atoms with E-state index in [4.69, 9.17) is 4.74 Å². The number of benzene rings is 1. The summed E-state index contributed by atoms with van der Waals surface area (Å²) < 4.78 is 5.29. The van der Waals surface area contributed by atoms with Gasteiger partial charge in [-0.25, -0.2) is 0 Å². The van der Waals surface area contributed by atoms with Gasteiger partial charge in [0.2, 0.25) is 0 Å². The number of carbonyl (C=O) groups excluding carboxylic acids is 1. The molecule has 0 spiro atoms. The van der Waals surface area contributed by atoms with Crippen molar-refractivity contribution >= 4 is 5.97 Å². The first-order chi connectivity index (χ1) is 6.84. The molecule has 3 rings (SSSR count). The lowest BCUT2D eigenvalue weighted by atomic mass is 10.1. The summed E-state index contributed by atoms with van der Waals surface area (Å²) in [5.41, 5.74) is 2.58. The van der Waals surface area contributed by atoms with Crippen molar-refractivity contribution in [2.24, 2.45) is 0 Å². The minimum Gasteiger partial charge on any atom is -0.459 e. The highest BCUT2D eigenvalue weighted by molar-refractivity contribution is 5.73. The Labute approximate surface area is 82.1 Å². The van der Waals surface area contributed by atoms with E-state index in [1.807, 2.05) is 12.1 Å². The minimum absolute atomic E-state index is 0.00801. The Morgan fingerprint density at radius 2 is 2.21 bits per heavy atom. The minimum atomic E-state index is -0.140. The molecule has 0 radical (unpaired) electrons. The molecular formula is C11H11NO2. The number of carbonyl (C=O) groups is 1. The standard InChI is InChI=1S/C11H11NO2/c13-10-6-12-11-8-4-2-1-3-7(8)5-9(11)14-10/h1-4,9,11-12H,5-6H2/t9-,11+/m1/s1. The van der Waals surface area contributed by atoms with Crippen molar-refractivity contribution in [2.45, 2.75) is 18.6 Å². The van der Waals surface area contributed by atoms with Crippen LogP contribution in [0.1, 0.15) is 17.2 Å². The van der Waals surface area contributed by atoms with E-state index in [0.717, 1.165) is 6.42 Å². The molecule has 1 N–H and O–H groups in total. The number of hydrogen-bond acceptors (Lipinski definition) is 3. The summed E-state index contributed by atoms with van der Waals surface area (Å²) >= 11 is 0. The molecular weight excluding hydrogens is 178 g/mol. The maximum Gasteiger partial charge on any atom is 0.320 e. The molecule has 3 heteroatoms. The van der Waals surface area contributed by atoms with Crippen molar-refractivity contribution in [2.75, 3.05) is 6.54 Å². The Kier molecular flexibility index (Phi) is 1.61. The lowest BCUT2D eigenvalue weighted by Gasteiger charge is -2.26. The maximum atomic E-state index is 11.1. The van der Waals surface area contributed by atoms with E-state index in [9.17, 15) is 4.79 Å². The average Bonchev–Trinajstić information content (AvgIpc) is 2.54. The van der Waals surface area contributed by atoms with Crippen LogP contribution in [0.25, 0.3) is 0 Å². The van der Waals surface area contributed by atoms with E-state index >= 15 is 0 Å². The van der Waals surface area contributed by atoms with Gasteiger partial charge >= 0.3 is 5.97 Å². The zero-order chi connectivity index (χ0) is 9.54. The Balaban J connectivity index is 1.98. The van der Waals surface area contributed by atoms with Crippen molar-refractivity contribution in [1.29, 1.82) is 0 Å². The second-order valence-electron chi connectivity index (χ2n) is 3.79. The molecule has 0 saturated carbocycles. The molecule has 0 amide bonds. The van der Waals surface area contributed by atoms with Gasteiger partial charge in [-0.2, -0.15) is 0 Å². The molecule has 0 aromatic heterocycles. The Morgan fingerprint density at radius 1 is 1.36 bits per heavy atom. The highest BCUT2D eigenvalue weighted by atomic mass is 16.5. The van der Waals surface area contributed by atoms with Gasteiger partial charge < -0.3 is 4.74 Å². The largest absolute Gasteiger partial charge is 0.459 e. The van der Waals surface area contributed by atoms with Gasteiger partial charge in [-0.3, -0.25) is 10.1 Å². The number of hydrogen-bond donors (Lipinski definition) is 1. The van der Waals surface area contributed by atoms with E-state index in [2.05, 4.69) is 17.4 Å². The monoisotopic (exact) mass is 189 g/mol. The maximum absolute atomic E-state index is 11.1. The molecule has 1 heterocycles. The fraction of sp³-hybridized carbons (Fsp3) is 0.364. The molecule has 2 aliphatic rings. The number of nitrogens with one attached hydrogen (secondary N) is 1. The quantitative estimate of drug-likeness (QED) is 0.613. The summed E-state index contributed by atoms with van der Waals surface area (Å²) in [6.07, 6.45) is 0.855. The molecule has 1 fully saturated rings. The summed E-state index contributed by atoms with van der Waals surface area (Å²) in [6, 6.07) is 8.47. The van der Waals surface area contributed by atoms with E-state index in [0.29, 0.717) is 6.54 Å². The van der Waals surface area contributed by atoms with Crippen molar-refractivity contribution in [3.8, 4) is 0 Å². The Morgan fingerprint density at radius 3 is 3.14 bits per heavy atom. The van der Waals surface area contributed by atoms with Crippen LogP contribution in [0.4, 0.5) is 0 Å². The van der Waals surface area contributed by atoms with Crippen LogP contribution in [-0.4, -0.2) is 18.6 Å². The Hall–Kier alpha value is -1.35. The van der Waals surface area contributed by atoms with Gasteiger partial charge in [0.25, 0.3) is 0 Å². The summed E-state index contributed by atoms with van der Waals surface area (Å²) in [6.45, 7) is 0.329. The smallest absolute Gasteiger partial charge is 0.320 e. The molecule has 1 saturated heterocycles. The molecule has 72 valence electrons. The lowest BCUT2D eigenvalue weighted by molar-refractivity contribution is -0.153. The van der Waals surface area contributed by atoms with Crippen LogP contribution < -0.4 is 5.32 Å². The van der Waals surface area contributed by atoms with Crippen molar-refractivity contribution in [1.82, 2.24) is 5.32 Å². The van der Waals surface area contributed by atoms with Gasteiger partial charge in [-0.05, 0) is 11.1 Å². The van der Waals surface area contributed by atoms with E-state index in [1.54, 1.807) is 0 Å². The zero-order valence-corrected chi connectivity index (χ0v) is 7.69. The van der Waals surface area contributed by atoms with Crippen LogP contribution in [0.2, 0.25) is 0 Å². The third-order valence-corrected chi connectivity index (χ3v) is 2.93. The Bertz CT molecular complexity index is 389. The number of morpholine rings is 1. The molecule has 1 aromatic carbocycles. The zero-order valence-electron chi connectivity index (χ0n) is 7.69. The van der Waals surface area contributed by atoms with E-state index in [1.165, 1.54) is 11.1 Å². The molecule has 0 unspecified atom stereocenters. The molecule has 0 bridgehead atoms. The van der Waals surface area contributed by atoms with Gasteiger partial charge in [-0.15, -0.1) is 0 Å². The SMILES string of the molecule is O=C1CN[C@H]2c3ccccc3C[C@H]2O1. The lowest BCUT2D eigenvalue weighted by Crippen LogP contribution is -2.42. The predicted octanol–water partition coefficient (Wildman–Crippen LogP) is 0.799. The summed E-state index contributed by atoms with van der Waals surface area (Å²) in [4.78, 5) is 11.1. The number of esters is 1. The van der Waals surface area contributed by atoms with Crippen LogP contribution in [-0.2, 0) is 16.0 Å². The molecule has 1 aliphatic carbocycles. The first-order valence-electron chi connectivity index (χ1n) is 4.85. The topological polar surface area (TPSA) is 38.3 Å². The molecule has 1 aromatic rings. The summed E-state index contributed by atoms with van der Waals surface area (Å²) in [7, 11) is 0. The van der Waals surface area contributed by atoms with Crippen molar-refractivity contribution < 1.29 is 9.53 Å². The third-order valence-electron chi connectivity index (χ3n) is 2.93. The fourth-order valence-electron chi connectivity index (χ4n) is 2.31. The first kappa shape index (κ1) is 8.00. The summed E-state index contributed by atoms with van der Waals surface area (Å²) in [5.74, 6) is -0.140. The average molecular weight is 189 g/mol. The number of fused-ring (bicyclic) bond motifs is 3.